The van der Waals surface area contributed by atoms with Gasteiger partial charge in [-0.15, -0.1) is 0 Å². The predicted molar refractivity (Wildman–Crippen MR) is 106 cm³/mol. The first-order chi connectivity index (χ1) is 14.4. The quantitative estimate of drug-likeness (QED) is 0.369. The third-order valence-corrected chi connectivity index (χ3v) is 4.80. The highest BCUT2D eigenvalue weighted by Gasteiger charge is 2.31. The van der Waals surface area contributed by atoms with Gasteiger partial charge in [-0.1, -0.05) is 30.3 Å². The van der Waals surface area contributed by atoms with Gasteiger partial charge >= 0.3 is 12.1 Å². The molecule has 0 saturated carbocycles. The van der Waals surface area contributed by atoms with Crippen molar-refractivity contribution in [3.05, 3.63) is 83.7 Å². The topological polar surface area (TPSA) is 44.4 Å². The molecular formula is C23H18F3NO3. The predicted octanol–water partition coefficient (Wildman–Crippen LogP) is 6.15. The van der Waals surface area contributed by atoms with Crippen LogP contribution in [0.1, 0.15) is 28.5 Å². The van der Waals surface area contributed by atoms with Crippen molar-refractivity contribution in [2.24, 2.45) is 0 Å². The van der Waals surface area contributed by atoms with E-state index in [0.717, 1.165) is 17.5 Å². The Morgan fingerprint density at radius 2 is 1.87 bits per heavy atom. The van der Waals surface area contributed by atoms with Crippen molar-refractivity contribution in [1.29, 1.82) is 0 Å². The fourth-order valence-electron chi connectivity index (χ4n) is 3.58. The molecule has 0 radical (unpaired) electrons. The first kappa shape index (κ1) is 19.8. The number of para-hydroxylation sites is 1. The Bertz CT molecular complexity index is 1190. The molecule has 0 aliphatic rings. The molecule has 0 bridgehead atoms. The normalized spacial score (nSPS) is 11.7. The molecule has 2 heterocycles. The Morgan fingerprint density at radius 1 is 1.07 bits per heavy atom. The van der Waals surface area contributed by atoms with E-state index in [1.807, 2.05) is 24.3 Å². The van der Waals surface area contributed by atoms with Crippen LogP contribution in [-0.4, -0.2) is 17.1 Å². The van der Waals surface area contributed by atoms with Crippen LogP contribution < -0.4 is 0 Å². The third-order valence-electron chi connectivity index (χ3n) is 4.80. The van der Waals surface area contributed by atoms with Gasteiger partial charge in [-0.25, -0.2) is 4.79 Å². The molecule has 0 spiro atoms. The molecule has 2 aromatic heterocycles. The molecule has 0 unspecified atom stereocenters. The number of alkyl halides is 3. The third kappa shape index (κ3) is 3.58. The van der Waals surface area contributed by atoms with E-state index in [9.17, 15) is 18.0 Å². The molecule has 4 rings (SSSR count). The lowest BCUT2D eigenvalue weighted by Crippen LogP contribution is -2.14. The summed E-state index contributed by atoms with van der Waals surface area (Å²) in [4.78, 5) is 12.9. The van der Waals surface area contributed by atoms with Gasteiger partial charge in [0.25, 0.3) is 0 Å². The maximum atomic E-state index is 13.2. The van der Waals surface area contributed by atoms with Gasteiger partial charge in [-0.3, -0.25) is 0 Å². The number of fused-ring (bicyclic) bond motifs is 1. The second-order valence-electron chi connectivity index (χ2n) is 6.72. The van der Waals surface area contributed by atoms with Crippen molar-refractivity contribution in [2.75, 3.05) is 6.61 Å². The van der Waals surface area contributed by atoms with Crippen molar-refractivity contribution < 1.29 is 27.1 Å². The second kappa shape index (κ2) is 7.74. The highest BCUT2D eigenvalue weighted by atomic mass is 19.4. The number of esters is 1. The summed E-state index contributed by atoms with van der Waals surface area (Å²) in [6, 6.07) is 15.8. The number of aromatic nitrogens is 1. The smallest absolute Gasteiger partial charge is 0.416 e. The van der Waals surface area contributed by atoms with E-state index in [4.69, 9.17) is 9.15 Å². The lowest BCUT2D eigenvalue weighted by molar-refractivity contribution is -0.137. The number of carbonyl (C=O) groups excluding carboxylic acids is 1. The van der Waals surface area contributed by atoms with E-state index in [-0.39, 0.29) is 18.8 Å². The molecule has 4 aromatic rings. The summed E-state index contributed by atoms with van der Waals surface area (Å²) in [6.45, 7) is 1.94. The summed E-state index contributed by atoms with van der Waals surface area (Å²) in [5.74, 6) is -0.0795. The minimum atomic E-state index is -4.45. The Morgan fingerprint density at radius 3 is 2.57 bits per heavy atom. The fraction of sp³-hybridized carbons (Fsp3) is 0.174. The van der Waals surface area contributed by atoms with Crippen LogP contribution in [-0.2, 0) is 17.5 Å². The Hall–Kier alpha value is -3.48. The molecule has 0 saturated heterocycles. The average Bonchev–Trinajstić information content (AvgIpc) is 3.34. The molecule has 0 amide bonds. The minimum Gasteiger partial charge on any atom is -0.464 e. The van der Waals surface area contributed by atoms with Crippen LogP contribution in [0.3, 0.4) is 0 Å². The summed E-state index contributed by atoms with van der Waals surface area (Å²) in [5.41, 5.74) is 1.18. The second-order valence-corrected chi connectivity index (χ2v) is 6.72. The number of hydrogen-bond donors (Lipinski definition) is 0. The maximum absolute atomic E-state index is 13.2. The first-order valence-electron chi connectivity index (χ1n) is 9.38. The molecule has 4 nitrogen and oxygen atoms in total. The van der Waals surface area contributed by atoms with Gasteiger partial charge in [-0.05, 0) is 42.8 Å². The van der Waals surface area contributed by atoms with Crippen LogP contribution in [0, 0.1) is 0 Å². The lowest BCUT2D eigenvalue weighted by atomic mass is 10.1. The van der Waals surface area contributed by atoms with Gasteiger partial charge in [0.05, 0.1) is 24.0 Å². The van der Waals surface area contributed by atoms with E-state index in [1.54, 1.807) is 29.7 Å². The molecule has 154 valence electrons. The van der Waals surface area contributed by atoms with Crippen LogP contribution in [0.2, 0.25) is 0 Å². The Balaban J connectivity index is 1.93. The molecule has 0 aliphatic heterocycles. The SMILES string of the molecule is CCOC(=O)c1c(-c2ccco2)c2ccccc2n1Cc1cccc(C(F)(F)F)c1. The highest BCUT2D eigenvalue weighted by molar-refractivity contribution is 6.07. The maximum Gasteiger partial charge on any atom is 0.416 e. The minimum absolute atomic E-state index is 0.0687. The molecule has 2 aromatic carbocycles. The number of nitrogens with zero attached hydrogens (tertiary/aromatic N) is 1. The average molecular weight is 413 g/mol. The summed E-state index contributed by atoms with van der Waals surface area (Å²) in [5, 5.41) is 0.752. The summed E-state index contributed by atoms with van der Waals surface area (Å²) < 4.78 is 52.0. The van der Waals surface area contributed by atoms with Gasteiger partial charge in [-0.2, -0.15) is 13.2 Å². The number of carbonyl (C=O) groups is 1. The van der Waals surface area contributed by atoms with Crippen LogP contribution in [0.5, 0.6) is 0 Å². The van der Waals surface area contributed by atoms with E-state index in [1.165, 1.54) is 12.3 Å². The molecule has 0 fully saturated rings. The number of halogens is 3. The molecule has 0 atom stereocenters. The molecule has 0 N–H and O–H groups in total. The van der Waals surface area contributed by atoms with Gasteiger partial charge in [0.1, 0.15) is 11.5 Å². The van der Waals surface area contributed by atoms with Crippen molar-refractivity contribution in [3.8, 4) is 11.3 Å². The standard InChI is InChI=1S/C23H18F3NO3/c1-2-29-22(28)21-20(19-11-6-12-30-19)17-9-3-4-10-18(17)27(21)14-15-7-5-8-16(13-15)23(24,25)26/h3-13H,2,14H2,1H3. The van der Waals surface area contributed by atoms with Gasteiger partial charge < -0.3 is 13.7 Å². The van der Waals surface area contributed by atoms with Gasteiger partial charge in [0.15, 0.2) is 0 Å². The first-order valence-corrected chi connectivity index (χ1v) is 9.38. The Labute approximate surface area is 170 Å². The number of hydrogen-bond acceptors (Lipinski definition) is 3. The zero-order valence-corrected chi connectivity index (χ0v) is 16.1. The van der Waals surface area contributed by atoms with Crippen molar-refractivity contribution >= 4 is 16.9 Å². The number of furan rings is 1. The van der Waals surface area contributed by atoms with Gasteiger partial charge in [0, 0.05) is 17.4 Å². The lowest BCUT2D eigenvalue weighted by Gasteiger charge is -2.13. The summed E-state index contributed by atoms with van der Waals surface area (Å²) >= 11 is 0. The van der Waals surface area contributed by atoms with E-state index < -0.39 is 17.7 Å². The van der Waals surface area contributed by atoms with Crippen LogP contribution >= 0.6 is 0 Å². The van der Waals surface area contributed by atoms with Gasteiger partial charge in [0.2, 0.25) is 0 Å². The van der Waals surface area contributed by atoms with Crippen LogP contribution in [0.4, 0.5) is 13.2 Å². The number of rotatable bonds is 5. The van der Waals surface area contributed by atoms with Crippen molar-refractivity contribution in [2.45, 2.75) is 19.6 Å². The molecule has 30 heavy (non-hydrogen) atoms. The molecule has 0 aliphatic carbocycles. The van der Waals surface area contributed by atoms with Crippen molar-refractivity contribution in [3.63, 3.8) is 0 Å². The van der Waals surface area contributed by atoms with Crippen molar-refractivity contribution in [1.82, 2.24) is 4.57 Å². The Kier molecular flexibility index (Phi) is 5.11. The summed E-state index contributed by atoms with van der Waals surface area (Å²) in [6.07, 6.45) is -2.94. The number of benzene rings is 2. The zero-order chi connectivity index (χ0) is 21.3. The van der Waals surface area contributed by atoms with Crippen LogP contribution in [0.25, 0.3) is 22.2 Å². The molecular weight excluding hydrogens is 395 g/mol. The number of ether oxygens (including phenoxy) is 1. The highest BCUT2D eigenvalue weighted by Crippen LogP contribution is 2.37. The summed E-state index contributed by atoms with van der Waals surface area (Å²) in [7, 11) is 0. The molecule has 7 heteroatoms. The monoisotopic (exact) mass is 413 g/mol. The van der Waals surface area contributed by atoms with Crippen LogP contribution in [0.15, 0.2) is 71.3 Å². The zero-order valence-electron chi connectivity index (χ0n) is 16.1. The van der Waals surface area contributed by atoms with E-state index >= 15 is 0 Å². The largest absolute Gasteiger partial charge is 0.464 e. The fourth-order valence-corrected chi connectivity index (χ4v) is 3.58. The van der Waals surface area contributed by atoms with E-state index in [2.05, 4.69) is 0 Å². The van der Waals surface area contributed by atoms with E-state index in [0.29, 0.717) is 22.4 Å².